The Hall–Kier alpha value is -2.12. The molecule has 0 aliphatic rings. The molecule has 0 aliphatic heterocycles. The Morgan fingerprint density at radius 1 is 1.47 bits per heavy atom. The van der Waals surface area contributed by atoms with Crippen molar-refractivity contribution < 1.29 is 22.7 Å². The van der Waals surface area contributed by atoms with E-state index in [2.05, 4.69) is 14.7 Å². The number of halogens is 3. The maximum absolute atomic E-state index is 12.6. The van der Waals surface area contributed by atoms with Crippen molar-refractivity contribution in [2.24, 2.45) is 0 Å². The zero-order valence-corrected chi connectivity index (χ0v) is 8.52. The van der Waals surface area contributed by atoms with Crippen LogP contribution in [0.5, 0.6) is 0 Å². The second-order valence-corrected chi connectivity index (χ2v) is 3.10. The molecule has 0 spiro atoms. The second kappa shape index (κ2) is 3.72. The summed E-state index contributed by atoms with van der Waals surface area (Å²) >= 11 is 0. The van der Waals surface area contributed by atoms with Crippen LogP contribution >= 0.6 is 0 Å². The maximum Gasteiger partial charge on any atom is 0.450 e. The summed E-state index contributed by atoms with van der Waals surface area (Å²) in [7, 11) is 1.07. The Kier molecular flexibility index (Phi) is 2.49. The first-order chi connectivity index (χ1) is 7.95. The molecule has 0 N–H and O–H groups in total. The number of imidazole rings is 1. The van der Waals surface area contributed by atoms with Crippen LogP contribution in [0, 0.1) is 0 Å². The Labute approximate surface area is 92.9 Å². The summed E-state index contributed by atoms with van der Waals surface area (Å²) in [6, 6.07) is 0. The van der Waals surface area contributed by atoms with E-state index in [9.17, 15) is 18.0 Å². The first-order valence-electron chi connectivity index (χ1n) is 4.42. The van der Waals surface area contributed by atoms with E-state index in [1.54, 1.807) is 0 Å². The van der Waals surface area contributed by atoms with Gasteiger partial charge in [0.05, 0.1) is 18.8 Å². The van der Waals surface area contributed by atoms with Gasteiger partial charge in [-0.25, -0.2) is 9.78 Å². The number of aromatic nitrogens is 3. The van der Waals surface area contributed by atoms with Gasteiger partial charge in [-0.05, 0) is 0 Å². The van der Waals surface area contributed by atoms with E-state index in [4.69, 9.17) is 0 Å². The van der Waals surface area contributed by atoms with Gasteiger partial charge in [-0.15, -0.1) is 0 Å². The summed E-state index contributed by atoms with van der Waals surface area (Å²) in [4.78, 5) is 18.2. The fraction of sp³-hybridized carbons (Fsp3) is 0.222. The van der Waals surface area contributed by atoms with E-state index < -0.39 is 23.7 Å². The molecule has 5 nitrogen and oxygen atoms in total. The number of hydrogen-bond acceptors (Lipinski definition) is 4. The first-order valence-corrected chi connectivity index (χ1v) is 4.42. The van der Waals surface area contributed by atoms with Crippen LogP contribution in [-0.4, -0.2) is 27.4 Å². The summed E-state index contributed by atoms with van der Waals surface area (Å²) in [6.45, 7) is 0. The largest absolute Gasteiger partial charge is 0.464 e. The average Bonchev–Trinajstić information content (AvgIpc) is 2.67. The Morgan fingerprint density at radius 2 is 2.18 bits per heavy atom. The van der Waals surface area contributed by atoms with Crippen molar-refractivity contribution in [3.05, 3.63) is 30.1 Å². The summed E-state index contributed by atoms with van der Waals surface area (Å²) in [6.07, 6.45) is -1.28. The van der Waals surface area contributed by atoms with Crippen LogP contribution in [0.1, 0.15) is 16.3 Å². The molecule has 0 aromatic carbocycles. The molecule has 0 aliphatic carbocycles. The SMILES string of the molecule is COC(=O)c1nc(C(F)(F)F)n2ccncc12. The van der Waals surface area contributed by atoms with Crippen LogP contribution in [0.3, 0.4) is 0 Å². The van der Waals surface area contributed by atoms with Gasteiger partial charge in [0.2, 0.25) is 5.82 Å². The van der Waals surface area contributed by atoms with Crippen LogP contribution in [0.15, 0.2) is 18.6 Å². The summed E-state index contributed by atoms with van der Waals surface area (Å²) in [5.74, 6) is -2.12. The third-order valence-corrected chi connectivity index (χ3v) is 2.08. The fourth-order valence-corrected chi connectivity index (χ4v) is 1.39. The lowest BCUT2D eigenvalue weighted by Crippen LogP contribution is -2.11. The molecular formula is C9H6F3N3O2. The van der Waals surface area contributed by atoms with Gasteiger partial charge in [-0.3, -0.25) is 9.38 Å². The maximum atomic E-state index is 12.6. The van der Waals surface area contributed by atoms with E-state index in [0.717, 1.165) is 23.9 Å². The average molecular weight is 245 g/mol. The van der Waals surface area contributed by atoms with E-state index in [1.165, 1.54) is 6.20 Å². The van der Waals surface area contributed by atoms with Crippen molar-refractivity contribution in [1.29, 1.82) is 0 Å². The van der Waals surface area contributed by atoms with Gasteiger partial charge in [-0.1, -0.05) is 0 Å². The normalized spacial score (nSPS) is 11.8. The zero-order chi connectivity index (χ0) is 12.6. The van der Waals surface area contributed by atoms with Gasteiger partial charge in [0.15, 0.2) is 5.69 Å². The number of rotatable bonds is 1. The van der Waals surface area contributed by atoms with Gasteiger partial charge in [0.1, 0.15) is 0 Å². The zero-order valence-electron chi connectivity index (χ0n) is 8.52. The quantitative estimate of drug-likeness (QED) is 0.715. The Balaban J connectivity index is 2.76. The topological polar surface area (TPSA) is 56.5 Å². The highest BCUT2D eigenvalue weighted by atomic mass is 19.4. The third kappa shape index (κ3) is 1.81. The smallest absolute Gasteiger partial charge is 0.450 e. The minimum Gasteiger partial charge on any atom is -0.464 e. The number of nitrogens with zero attached hydrogens (tertiary/aromatic N) is 3. The van der Waals surface area contributed by atoms with Crippen molar-refractivity contribution in [2.75, 3.05) is 7.11 Å². The van der Waals surface area contributed by atoms with Gasteiger partial charge in [-0.2, -0.15) is 13.2 Å². The monoisotopic (exact) mass is 245 g/mol. The molecule has 0 saturated carbocycles. The molecule has 0 bridgehead atoms. The lowest BCUT2D eigenvalue weighted by molar-refractivity contribution is -0.145. The van der Waals surface area contributed by atoms with Gasteiger partial charge in [0.25, 0.3) is 0 Å². The van der Waals surface area contributed by atoms with Crippen molar-refractivity contribution in [3.8, 4) is 0 Å². The van der Waals surface area contributed by atoms with E-state index in [-0.39, 0.29) is 5.52 Å². The van der Waals surface area contributed by atoms with E-state index >= 15 is 0 Å². The number of alkyl halides is 3. The van der Waals surface area contributed by atoms with Gasteiger partial charge >= 0.3 is 12.1 Å². The third-order valence-electron chi connectivity index (χ3n) is 2.08. The predicted molar refractivity (Wildman–Crippen MR) is 49.3 cm³/mol. The lowest BCUT2D eigenvalue weighted by atomic mass is 10.4. The first kappa shape index (κ1) is 11.4. The number of hydrogen-bond donors (Lipinski definition) is 0. The van der Waals surface area contributed by atoms with Crippen molar-refractivity contribution in [2.45, 2.75) is 6.18 Å². The van der Waals surface area contributed by atoms with Crippen molar-refractivity contribution >= 4 is 11.5 Å². The van der Waals surface area contributed by atoms with Gasteiger partial charge < -0.3 is 4.74 Å². The fourth-order valence-electron chi connectivity index (χ4n) is 1.39. The summed E-state index contributed by atoms with van der Waals surface area (Å²) < 4.78 is 43.0. The molecule has 2 heterocycles. The van der Waals surface area contributed by atoms with Gasteiger partial charge in [0, 0.05) is 12.4 Å². The van der Waals surface area contributed by atoms with Crippen LogP contribution in [-0.2, 0) is 10.9 Å². The molecule has 0 amide bonds. The molecule has 0 saturated heterocycles. The van der Waals surface area contributed by atoms with Crippen LogP contribution < -0.4 is 0 Å². The Morgan fingerprint density at radius 3 is 2.76 bits per heavy atom. The number of ether oxygens (including phenoxy) is 1. The second-order valence-electron chi connectivity index (χ2n) is 3.10. The molecule has 0 fully saturated rings. The molecule has 17 heavy (non-hydrogen) atoms. The molecule has 2 aromatic rings. The molecule has 90 valence electrons. The van der Waals surface area contributed by atoms with Crippen molar-refractivity contribution in [1.82, 2.24) is 14.4 Å². The Bertz CT molecular complexity index is 576. The lowest BCUT2D eigenvalue weighted by Gasteiger charge is -2.03. The number of methoxy groups -OCH3 is 1. The number of carbonyl (C=O) groups is 1. The highest BCUT2D eigenvalue weighted by molar-refractivity contribution is 5.94. The van der Waals surface area contributed by atoms with E-state index in [1.807, 2.05) is 0 Å². The minimum absolute atomic E-state index is 0.0494. The van der Waals surface area contributed by atoms with E-state index in [0.29, 0.717) is 0 Å². The van der Waals surface area contributed by atoms with Crippen molar-refractivity contribution in [3.63, 3.8) is 0 Å². The molecule has 0 atom stereocenters. The molecule has 0 unspecified atom stereocenters. The minimum atomic E-state index is -4.66. The molecular weight excluding hydrogens is 239 g/mol. The molecule has 0 radical (unpaired) electrons. The predicted octanol–water partition coefficient (Wildman–Crippen LogP) is 1.53. The molecule has 2 aromatic heterocycles. The van der Waals surface area contributed by atoms with Crippen LogP contribution in [0.2, 0.25) is 0 Å². The molecule has 8 heteroatoms. The molecule has 2 rings (SSSR count). The highest BCUT2D eigenvalue weighted by Gasteiger charge is 2.38. The number of esters is 1. The number of fused-ring (bicyclic) bond motifs is 1. The van der Waals surface area contributed by atoms with Crippen LogP contribution in [0.25, 0.3) is 5.52 Å². The van der Waals surface area contributed by atoms with Crippen LogP contribution in [0.4, 0.5) is 13.2 Å². The standard InChI is InChI=1S/C9H6F3N3O2/c1-17-7(16)6-5-4-13-2-3-15(5)8(14-6)9(10,11)12/h2-4H,1H3. The highest BCUT2D eigenvalue weighted by Crippen LogP contribution is 2.30. The summed E-state index contributed by atoms with van der Waals surface area (Å²) in [5.41, 5.74) is -0.459. The summed E-state index contributed by atoms with van der Waals surface area (Å²) in [5, 5.41) is 0. The number of carbonyl (C=O) groups excluding carboxylic acids is 1.